The summed E-state index contributed by atoms with van der Waals surface area (Å²) >= 11 is 0. The van der Waals surface area contributed by atoms with Gasteiger partial charge >= 0.3 is 0 Å². The van der Waals surface area contributed by atoms with Crippen molar-refractivity contribution in [1.82, 2.24) is 10.2 Å². The van der Waals surface area contributed by atoms with Crippen molar-refractivity contribution in [1.29, 1.82) is 0 Å². The van der Waals surface area contributed by atoms with E-state index in [0.717, 1.165) is 6.54 Å². The minimum absolute atomic E-state index is 0.0705. The summed E-state index contributed by atoms with van der Waals surface area (Å²) in [5.41, 5.74) is -0.169. The Hall–Kier alpha value is -0.120. The Kier molecular flexibility index (Phi) is 4.85. The van der Waals surface area contributed by atoms with Crippen molar-refractivity contribution in [2.75, 3.05) is 20.6 Å². The predicted molar refractivity (Wildman–Crippen MR) is 78.0 cm³/mol. The third kappa shape index (κ3) is 3.06. The molecule has 3 atom stereocenters. The van der Waals surface area contributed by atoms with Gasteiger partial charge < -0.3 is 15.0 Å². The highest BCUT2D eigenvalue weighted by molar-refractivity contribution is 5.05. The average molecular weight is 256 g/mol. The smallest absolute Gasteiger partial charge is 0.0790 e. The van der Waals surface area contributed by atoms with E-state index in [1.54, 1.807) is 0 Å². The van der Waals surface area contributed by atoms with E-state index in [9.17, 15) is 0 Å². The van der Waals surface area contributed by atoms with Crippen LogP contribution in [0.2, 0.25) is 0 Å². The summed E-state index contributed by atoms with van der Waals surface area (Å²) in [7, 11) is 4.27. The van der Waals surface area contributed by atoms with E-state index in [1.165, 1.54) is 6.42 Å². The molecule has 0 amide bonds. The van der Waals surface area contributed by atoms with Crippen molar-refractivity contribution in [2.45, 2.75) is 71.2 Å². The Morgan fingerprint density at radius 3 is 2.22 bits per heavy atom. The second kappa shape index (κ2) is 5.48. The standard InChI is InChI=1S/C15H32N2O/c1-9-11(2)17(8)10-12-13(16-7)15(5,6)18-14(12,3)4/h11-13,16H,9-10H2,1-8H3. The van der Waals surface area contributed by atoms with Crippen LogP contribution >= 0.6 is 0 Å². The molecule has 1 saturated heterocycles. The highest BCUT2D eigenvalue weighted by atomic mass is 16.5. The first kappa shape index (κ1) is 15.9. The van der Waals surface area contributed by atoms with Crippen LogP contribution in [0.15, 0.2) is 0 Å². The summed E-state index contributed by atoms with van der Waals surface area (Å²) < 4.78 is 6.28. The number of rotatable bonds is 5. The maximum atomic E-state index is 6.28. The molecule has 1 rings (SSSR count). The van der Waals surface area contributed by atoms with Crippen LogP contribution in [0, 0.1) is 5.92 Å². The van der Waals surface area contributed by atoms with E-state index in [4.69, 9.17) is 4.74 Å². The Balaban J connectivity index is 2.84. The first-order valence-corrected chi connectivity index (χ1v) is 7.23. The molecule has 1 aliphatic rings. The predicted octanol–water partition coefficient (Wildman–Crippen LogP) is 2.51. The van der Waals surface area contributed by atoms with Gasteiger partial charge in [0.15, 0.2) is 0 Å². The van der Waals surface area contributed by atoms with Gasteiger partial charge in [-0.25, -0.2) is 0 Å². The molecule has 1 N–H and O–H groups in total. The fourth-order valence-electron chi connectivity index (χ4n) is 3.38. The van der Waals surface area contributed by atoms with Gasteiger partial charge in [-0.2, -0.15) is 0 Å². The zero-order chi connectivity index (χ0) is 14.1. The van der Waals surface area contributed by atoms with Crippen LogP contribution in [0.25, 0.3) is 0 Å². The molecule has 0 bridgehead atoms. The van der Waals surface area contributed by atoms with Gasteiger partial charge in [0.05, 0.1) is 11.2 Å². The maximum Gasteiger partial charge on any atom is 0.0790 e. The summed E-state index contributed by atoms with van der Waals surface area (Å²) in [4.78, 5) is 2.46. The lowest BCUT2D eigenvalue weighted by molar-refractivity contribution is -0.0795. The molecule has 1 aliphatic heterocycles. The van der Waals surface area contributed by atoms with E-state index in [2.05, 4.69) is 58.8 Å². The molecule has 0 aromatic rings. The molecule has 18 heavy (non-hydrogen) atoms. The number of hydrogen-bond acceptors (Lipinski definition) is 3. The Morgan fingerprint density at radius 2 is 1.78 bits per heavy atom. The van der Waals surface area contributed by atoms with E-state index in [1.807, 2.05) is 7.05 Å². The third-order valence-corrected chi connectivity index (χ3v) is 4.71. The fraction of sp³-hybridized carbons (Fsp3) is 1.00. The van der Waals surface area contributed by atoms with Gasteiger partial charge in [-0.15, -0.1) is 0 Å². The van der Waals surface area contributed by atoms with Gasteiger partial charge in [0, 0.05) is 24.5 Å². The summed E-state index contributed by atoms with van der Waals surface area (Å²) in [6, 6.07) is 1.03. The SMILES string of the molecule is CCC(C)N(C)CC1C(NC)C(C)(C)OC1(C)C. The van der Waals surface area contributed by atoms with E-state index < -0.39 is 0 Å². The molecule has 0 aromatic carbocycles. The molecule has 0 radical (unpaired) electrons. The van der Waals surface area contributed by atoms with Crippen LogP contribution in [0.5, 0.6) is 0 Å². The van der Waals surface area contributed by atoms with Gasteiger partial charge in [0.2, 0.25) is 0 Å². The molecule has 108 valence electrons. The average Bonchev–Trinajstić information content (AvgIpc) is 2.42. The van der Waals surface area contributed by atoms with Crippen LogP contribution < -0.4 is 5.32 Å². The van der Waals surface area contributed by atoms with Crippen LogP contribution in [0.4, 0.5) is 0 Å². The Morgan fingerprint density at radius 1 is 1.22 bits per heavy atom. The molecule has 0 aromatic heterocycles. The van der Waals surface area contributed by atoms with Crippen molar-refractivity contribution in [3.8, 4) is 0 Å². The fourth-order valence-corrected chi connectivity index (χ4v) is 3.38. The van der Waals surface area contributed by atoms with Crippen LogP contribution in [-0.4, -0.2) is 48.8 Å². The lowest BCUT2D eigenvalue weighted by Gasteiger charge is -2.35. The van der Waals surface area contributed by atoms with Gasteiger partial charge in [-0.05, 0) is 55.1 Å². The van der Waals surface area contributed by atoms with Crippen molar-refractivity contribution in [2.24, 2.45) is 5.92 Å². The van der Waals surface area contributed by atoms with Gasteiger partial charge in [0.25, 0.3) is 0 Å². The Labute approximate surface area is 113 Å². The van der Waals surface area contributed by atoms with Crippen LogP contribution in [0.3, 0.4) is 0 Å². The number of hydrogen-bond donors (Lipinski definition) is 1. The largest absolute Gasteiger partial charge is 0.368 e. The van der Waals surface area contributed by atoms with Crippen LogP contribution in [-0.2, 0) is 4.74 Å². The molecule has 3 unspecified atom stereocenters. The quantitative estimate of drug-likeness (QED) is 0.818. The maximum absolute atomic E-state index is 6.28. The Bertz CT molecular complexity index is 276. The van der Waals surface area contributed by atoms with Crippen molar-refractivity contribution in [3.05, 3.63) is 0 Å². The third-order valence-electron chi connectivity index (χ3n) is 4.71. The van der Waals surface area contributed by atoms with E-state index >= 15 is 0 Å². The number of likely N-dealkylation sites (N-methyl/N-ethyl adjacent to an activating group) is 1. The van der Waals surface area contributed by atoms with E-state index in [-0.39, 0.29) is 11.2 Å². The highest BCUT2D eigenvalue weighted by Gasteiger charge is 2.53. The van der Waals surface area contributed by atoms with Gasteiger partial charge in [-0.1, -0.05) is 6.92 Å². The van der Waals surface area contributed by atoms with E-state index in [0.29, 0.717) is 18.0 Å². The molecule has 0 saturated carbocycles. The monoisotopic (exact) mass is 256 g/mol. The summed E-state index contributed by atoms with van der Waals surface area (Å²) in [5, 5.41) is 3.47. The van der Waals surface area contributed by atoms with Crippen molar-refractivity contribution >= 4 is 0 Å². The molecule has 0 aliphatic carbocycles. The lowest BCUT2D eigenvalue weighted by atomic mass is 9.82. The second-order valence-corrected chi connectivity index (χ2v) is 6.88. The molecule has 3 nitrogen and oxygen atoms in total. The zero-order valence-corrected chi connectivity index (χ0v) is 13.5. The summed E-state index contributed by atoms with van der Waals surface area (Å²) in [6.07, 6.45) is 1.19. The number of nitrogens with one attached hydrogen (secondary N) is 1. The summed E-state index contributed by atoms with van der Waals surface area (Å²) in [5.74, 6) is 0.511. The molecule has 1 heterocycles. The molecule has 3 heteroatoms. The van der Waals surface area contributed by atoms with Crippen molar-refractivity contribution < 1.29 is 4.74 Å². The first-order chi connectivity index (χ1) is 8.15. The van der Waals surface area contributed by atoms with Crippen LogP contribution in [0.1, 0.15) is 48.0 Å². The van der Waals surface area contributed by atoms with Gasteiger partial charge in [-0.3, -0.25) is 0 Å². The topological polar surface area (TPSA) is 24.5 Å². The van der Waals surface area contributed by atoms with Crippen molar-refractivity contribution in [3.63, 3.8) is 0 Å². The normalized spacial score (nSPS) is 31.8. The molecular formula is C15H32N2O. The highest BCUT2D eigenvalue weighted by Crippen LogP contribution is 2.42. The number of nitrogens with zero attached hydrogens (tertiary/aromatic N) is 1. The second-order valence-electron chi connectivity index (χ2n) is 6.88. The first-order valence-electron chi connectivity index (χ1n) is 7.23. The zero-order valence-electron chi connectivity index (χ0n) is 13.5. The number of ether oxygens (including phenoxy) is 1. The minimum Gasteiger partial charge on any atom is -0.368 e. The summed E-state index contributed by atoms with van der Waals surface area (Å²) in [6.45, 7) is 14.5. The lowest BCUT2D eigenvalue weighted by Crippen LogP contribution is -2.50. The van der Waals surface area contributed by atoms with Gasteiger partial charge in [0.1, 0.15) is 0 Å². The molecular weight excluding hydrogens is 224 g/mol. The minimum atomic E-state index is -0.0980. The molecule has 1 fully saturated rings. The molecule has 0 spiro atoms.